The Hall–Kier alpha value is -3.88. The van der Waals surface area contributed by atoms with Crippen molar-refractivity contribution < 1.29 is 18.7 Å². The van der Waals surface area contributed by atoms with Crippen molar-refractivity contribution in [1.82, 2.24) is 20.3 Å². The summed E-state index contributed by atoms with van der Waals surface area (Å²) < 4.78 is 25.4. The van der Waals surface area contributed by atoms with E-state index in [2.05, 4.69) is 15.3 Å². The monoisotopic (exact) mass is 472 g/mol. The number of hydrogen-bond acceptors (Lipinski definition) is 5. The molecule has 0 unspecified atom stereocenters. The second kappa shape index (κ2) is 9.77. The molecular weight excluding hydrogens is 447 g/mol. The van der Waals surface area contributed by atoms with Gasteiger partial charge in [0, 0.05) is 30.1 Å². The fourth-order valence-corrected chi connectivity index (χ4v) is 3.94. The van der Waals surface area contributed by atoms with Gasteiger partial charge < -0.3 is 19.8 Å². The van der Waals surface area contributed by atoms with Crippen LogP contribution in [0.2, 0.25) is 0 Å². The van der Waals surface area contributed by atoms with Crippen molar-refractivity contribution >= 4 is 5.91 Å². The number of nitrogens with zero attached hydrogens (tertiary/aromatic N) is 2. The molecule has 0 spiro atoms. The quantitative estimate of drug-likeness (QED) is 0.427. The molecule has 1 aliphatic rings. The number of hydrogen-bond donors (Lipinski definition) is 2. The van der Waals surface area contributed by atoms with Gasteiger partial charge in [-0.25, -0.2) is 9.37 Å². The number of nitrogens with one attached hydrogen (secondary N) is 2. The van der Waals surface area contributed by atoms with Crippen LogP contribution in [0.3, 0.4) is 0 Å². The fraction of sp³-hybridized carbons (Fsp3) is 0.222. The molecule has 1 fully saturated rings. The van der Waals surface area contributed by atoms with Gasteiger partial charge in [-0.15, -0.1) is 0 Å². The van der Waals surface area contributed by atoms with Crippen LogP contribution in [-0.4, -0.2) is 34.1 Å². The second-order valence-electron chi connectivity index (χ2n) is 8.77. The van der Waals surface area contributed by atoms with E-state index < -0.39 is 11.7 Å². The average molecular weight is 473 g/mol. The molecule has 5 rings (SSSR count). The Morgan fingerprint density at radius 1 is 1.03 bits per heavy atom. The van der Waals surface area contributed by atoms with Crippen LogP contribution in [0.5, 0.6) is 0 Å². The summed E-state index contributed by atoms with van der Waals surface area (Å²) in [5.74, 6) is 0.0188. The van der Waals surface area contributed by atoms with Gasteiger partial charge in [-0.05, 0) is 48.9 Å². The number of carbonyl (C=O) groups excluding carboxylic acids is 1. The van der Waals surface area contributed by atoms with Gasteiger partial charge in [0.1, 0.15) is 5.82 Å². The van der Waals surface area contributed by atoms with E-state index in [0.29, 0.717) is 18.1 Å². The van der Waals surface area contributed by atoms with Crippen LogP contribution in [0.1, 0.15) is 24.6 Å². The molecule has 8 heteroatoms. The lowest BCUT2D eigenvalue weighted by atomic mass is 9.91. The number of pyridine rings is 1. The number of rotatable bonds is 6. The highest BCUT2D eigenvalue weighted by molar-refractivity contribution is 5.82. The van der Waals surface area contributed by atoms with Crippen LogP contribution < -0.4 is 5.32 Å². The van der Waals surface area contributed by atoms with E-state index >= 15 is 0 Å². The van der Waals surface area contributed by atoms with Crippen LogP contribution in [0.25, 0.3) is 22.5 Å². The molecule has 0 bridgehead atoms. The van der Waals surface area contributed by atoms with Crippen molar-refractivity contribution in [1.29, 1.82) is 0 Å². The van der Waals surface area contributed by atoms with Gasteiger partial charge in [-0.2, -0.15) is 0 Å². The van der Waals surface area contributed by atoms with Crippen LogP contribution in [0.4, 0.5) is 4.39 Å². The van der Waals surface area contributed by atoms with Crippen LogP contribution in [0, 0.1) is 11.2 Å². The van der Waals surface area contributed by atoms with Gasteiger partial charge in [0.25, 0.3) is 0 Å². The summed E-state index contributed by atoms with van der Waals surface area (Å²) >= 11 is 0. The van der Waals surface area contributed by atoms with Crippen molar-refractivity contribution in [2.24, 2.45) is 5.41 Å². The zero-order valence-electron chi connectivity index (χ0n) is 19.2. The molecule has 1 aliphatic heterocycles. The summed E-state index contributed by atoms with van der Waals surface area (Å²) in [4.78, 5) is 25.0. The van der Waals surface area contributed by atoms with Crippen LogP contribution >= 0.6 is 0 Å². The average Bonchev–Trinajstić information content (AvgIpc) is 3.35. The molecule has 1 saturated heterocycles. The molecule has 4 aromatic rings. The first-order valence-corrected chi connectivity index (χ1v) is 11.3. The van der Waals surface area contributed by atoms with Gasteiger partial charge >= 0.3 is 0 Å². The minimum atomic E-state index is -0.828. The summed E-state index contributed by atoms with van der Waals surface area (Å²) in [6, 6.07) is 19.6. The SMILES string of the molecule is CC1(C(=O)NCc2ccccc2)COC(c2nc(-c3ccc(F)cc3)c(-c3ccncc3)[nH]2)OC1. The van der Waals surface area contributed by atoms with E-state index in [1.165, 1.54) is 12.1 Å². The van der Waals surface area contributed by atoms with Gasteiger partial charge in [0.15, 0.2) is 5.82 Å². The maximum absolute atomic E-state index is 13.5. The maximum atomic E-state index is 13.5. The number of aromatic nitrogens is 3. The molecule has 2 aromatic heterocycles. The minimum absolute atomic E-state index is 0.135. The smallest absolute Gasteiger partial charge is 0.230 e. The summed E-state index contributed by atoms with van der Waals surface area (Å²) in [7, 11) is 0. The normalized spacial score (nSPS) is 19.9. The number of aromatic amines is 1. The van der Waals surface area contributed by atoms with Crippen molar-refractivity contribution in [3.8, 4) is 22.5 Å². The van der Waals surface area contributed by atoms with Crippen molar-refractivity contribution in [2.75, 3.05) is 13.2 Å². The van der Waals surface area contributed by atoms with Crippen LogP contribution in [-0.2, 0) is 20.8 Å². The lowest BCUT2D eigenvalue weighted by Gasteiger charge is -2.35. The zero-order chi connectivity index (χ0) is 24.3. The zero-order valence-corrected chi connectivity index (χ0v) is 19.2. The van der Waals surface area contributed by atoms with Gasteiger partial charge in [0.2, 0.25) is 12.2 Å². The summed E-state index contributed by atoms with van der Waals surface area (Å²) in [5, 5.41) is 2.97. The Kier molecular flexibility index (Phi) is 6.39. The molecule has 0 aliphatic carbocycles. The Morgan fingerprint density at radius 2 is 1.71 bits per heavy atom. The summed E-state index contributed by atoms with van der Waals surface area (Å²) in [6.45, 7) is 2.61. The second-order valence-corrected chi connectivity index (χ2v) is 8.77. The molecule has 1 amide bonds. The predicted octanol–water partition coefficient (Wildman–Crippen LogP) is 4.65. The number of imidazole rings is 1. The topological polar surface area (TPSA) is 89.1 Å². The highest BCUT2D eigenvalue weighted by atomic mass is 19.1. The first-order valence-electron chi connectivity index (χ1n) is 11.3. The van der Waals surface area contributed by atoms with E-state index in [1.807, 2.05) is 49.4 Å². The van der Waals surface area contributed by atoms with Gasteiger partial charge in [0.05, 0.1) is 30.0 Å². The standard InChI is InChI=1S/C27H25FN4O3/c1-27(26(33)30-15-18-5-3-2-4-6-18)16-34-25(35-17-27)24-31-22(19-7-9-21(28)10-8-19)23(32-24)20-11-13-29-14-12-20/h2-14,25H,15-17H2,1H3,(H,30,33)(H,31,32). The molecular formula is C27H25FN4O3. The maximum Gasteiger partial charge on any atom is 0.230 e. The molecule has 0 radical (unpaired) electrons. The number of benzene rings is 2. The highest BCUT2D eigenvalue weighted by Gasteiger charge is 2.40. The van der Waals surface area contributed by atoms with E-state index in [9.17, 15) is 9.18 Å². The Morgan fingerprint density at radius 3 is 2.40 bits per heavy atom. The van der Waals surface area contributed by atoms with E-state index in [0.717, 1.165) is 22.4 Å². The minimum Gasteiger partial charge on any atom is -0.351 e. The lowest BCUT2D eigenvalue weighted by molar-refractivity contribution is -0.231. The third kappa shape index (κ3) is 4.99. The fourth-order valence-electron chi connectivity index (χ4n) is 3.94. The number of amides is 1. The first-order chi connectivity index (χ1) is 17.0. The van der Waals surface area contributed by atoms with Crippen molar-refractivity contribution in [3.63, 3.8) is 0 Å². The van der Waals surface area contributed by atoms with E-state index in [-0.39, 0.29) is 24.9 Å². The number of ether oxygens (including phenoxy) is 2. The molecule has 35 heavy (non-hydrogen) atoms. The predicted molar refractivity (Wildman–Crippen MR) is 128 cm³/mol. The molecule has 0 saturated carbocycles. The number of halogens is 1. The van der Waals surface area contributed by atoms with Gasteiger partial charge in [-0.1, -0.05) is 30.3 Å². The molecule has 2 aromatic carbocycles. The molecule has 7 nitrogen and oxygen atoms in total. The molecule has 2 N–H and O–H groups in total. The Labute approximate surface area is 202 Å². The first kappa shape index (κ1) is 22.9. The van der Waals surface area contributed by atoms with Crippen LogP contribution in [0.15, 0.2) is 79.1 Å². The third-order valence-corrected chi connectivity index (χ3v) is 5.98. The molecule has 3 heterocycles. The number of carbonyl (C=O) groups is 1. The third-order valence-electron chi connectivity index (χ3n) is 5.98. The van der Waals surface area contributed by atoms with E-state index in [4.69, 9.17) is 14.5 Å². The Bertz CT molecular complexity index is 1290. The van der Waals surface area contributed by atoms with Crippen molar-refractivity contribution in [3.05, 3.63) is 96.3 Å². The lowest BCUT2D eigenvalue weighted by Crippen LogP contribution is -2.48. The van der Waals surface area contributed by atoms with Crippen molar-refractivity contribution in [2.45, 2.75) is 19.8 Å². The molecule has 178 valence electrons. The number of H-pyrrole nitrogens is 1. The van der Waals surface area contributed by atoms with E-state index in [1.54, 1.807) is 24.5 Å². The highest BCUT2D eigenvalue weighted by Crippen LogP contribution is 2.35. The van der Waals surface area contributed by atoms with Gasteiger partial charge in [-0.3, -0.25) is 9.78 Å². The summed E-state index contributed by atoms with van der Waals surface area (Å²) in [6.07, 6.45) is 2.62. The molecule has 0 atom stereocenters. The summed E-state index contributed by atoms with van der Waals surface area (Å²) in [5.41, 5.74) is 3.21. The Balaban J connectivity index is 1.33. The largest absolute Gasteiger partial charge is 0.351 e.